The van der Waals surface area contributed by atoms with Gasteiger partial charge in [0.1, 0.15) is 6.04 Å². The Balaban J connectivity index is 1.68. The molecule has 1 atom stereocenters. The summed E-state index contributed by atoms with van der Waals surface area (Å²) in [6, 6.07) is 14.7. The number of hydrogen-bond acceptors (Lipinski definition) is 4. The smallest absolute Gasteiger partial charge is 0.274 e. The number of aromatic nitrogens is 1. The van der Waals surface area contributed by atoms with Gasteiger partial charge in [-0.25, -0.2) is 5.48 Å². The number of rotatable bonds is 9. The van der Waals surface area contributed by atoms with Crippen LogP contribution in [0.1, 0.15) is 54.4 Å². The molecule has 0 bridgehead atoms. The number of amides is 3. The molecule has 36 heavy (non-hydrogen) atoms. The monoisotopic (exact) mass is 490 g/mol. The first-order valence-corrected chi connectivity index (χ1v) is 12.5. The molecule has 0 fully saturated rings. The second-order valence-electron chi connectivity index (χ2n) is 9.76. The van der Waals surface area contributed by atoms with E-state index in [9.17, 15) is 14.4 Å². The second kappa shape index (κ2) is 11.0. The van der Waals surface area contributed by atoms with E-state index in [0.717, 1.165) is 40.6 Å². The van der Waals surface area contributed by atoms with Crippen LogP contribution in [0.4, 0.5) is 0 Å². The summed E-state index contributed by atoms with van der Waals surface area (Å²) in [5, 5.41) is 9.96. The third-order valence-corrected chi connectivity index (χ3v) is 7.07. The first-order chi connectivity index (χ1) is 17.4. The van der Waals surface area contributed by atoms with E-state index in [4.69, 9.17) is 5.21 Å². The molecule has 2 N–H and O–H groups in total. The van der Waals surface area contributed by atoms with Gasteiger partial charge in [-0.05, 0) is 48.6 Å². The highest BCUT2D eigenvalue weighted by atomic mass is 16.5. The number of benzene rings is 2. The second-order valence-corrected chi connectivity index (χ2v) is 9.76. The molecule has 1 aromatic heterocycles. The lowest BCUT2D eigenvalue weighted by molar-refractivity contribution is -0.141. The average molecular weight is 491 g/mol. The zero-order chi connectivity index (χ0) is 25.8. The fourth-order valence-electron chi connectivity index (χ4n) is 5.01. The lowest BCUT2D eigenvalue weighted by Gasteiger charge is -2.36. The summed E-state index contributed by atoms with van der Waals surface area (Å²) >= 11 is 0. The zero-order valence-electron chi connectivity index (χ0n) is 21.1. The van der Waals surface area contributed by atoms with Crippen molar-refractivity contribution < 1.29 is 19.6 Å². The molecular formula is C28H34N4O4. The molecule has 0 radical (unpaired) electrons. The van der Waals surface area contributed by atoms with Crippen molar-refractivity contribution in [1.29, 1.82) is 0 Å². The Labute approximate surface area is 211 Å². The van der Waals surface area contributed by atoms with Crippen molar-refractivity contribution in [3.8, 4) is 0 Å². The van der Waals surface area contributed by atoms with Gasteiger partial charge in [0.25, 0.3) is 5.91 Å². The molecule has 0 aliphatic carbocycles. The van der Waals surface area contributed by atoms with Crippen molar-refractivity contribution in [3.63, 3.8) is 0 Å². The minimum absolute atomic E-state index is 0.00507. The number of nitrogens with zero attached hydrogens (tertiary/aromatic N) is 3. The Kier molecular flexibility index (Phi) is 7.74. The van der Waals surface area contributed by atoms with Crippen LogP contribution in [0.15, 0.2) is 48.5 Å². The molecule has 8 nitrogen and oxygen atoms in total. The van der Waals surface area contributed by atoms with E-state index in [1.807, 2.05) is 36.1 Å². The summed E-state index contributed by atoms with van der Waals surface area (Å²) in [5.41, 5.74) is 6.18. The summed E-state index contributed by atoms with van der Waals surface area (Å²) in [6.07, 6.45) is 2.21. The molecule has 3 aromatic rings. The van der Waals surface area contributed by atoms with Gasteiger partial charge in [0.15, 0.2) is 0 Å². The fraction of sp³-hybridized carbons (Fsp3) is 0.393. The maximum Gasteiger partial charge on any atom is 0.274 e. The van der Waals surface area contributed by atoms with Crippen molar-refractivity contribution in [2.45, 2.75) is 52.7 Å². The molecule has 4 rings (SSSR count). The van der Waals surface area contributed by atoms with Gasteiger partial charge in [0.05, 0.1) is 6.54 Å². The van der Waals surface area contributed by atoms with Gasteiger partial charge >= 0.3 is 0 Å². The Morgan fingerprint density at radius 1 is 1.17 bits per heavy atom. The molecule has 1 aliphatic rings. The molecule has 0 saturated carbocycles. The Morgan fingerprint density at radius 3 is 2.53 bits per heavy atom. The highest BCUT2D eigenvalue weighted by molar-refractivity contribution is 5.93. The van der Waals surface area contributed by atoms with Crippen molar-refractivity contribution >= 4 is 29.1 Å². The summed E-state index contributed by atoms with van der Waals surface area (Å²) < 4.78 is 2.19. The van der Waals surface area contributed by atoms with E-state index in [1.54, 1.807) is 22.5 Å². The predicted molar refractivity (Wildman–Crippen MR) is 138 cm³/mol. The van der Waals surface area contributed by atoms with Crippen molar-refractivity contribution in [1.82, 2.24) is 19.8 Å². The Morgan fingerprint density at radius 2 is 1.89 bits per heavy atom. The van der Waals surface area contributed by atoms with Crippen molar-refractivity contribution in [3.05, 3.63) is 70.9 Å². The summed E-state index contributed by atoms with van der Waals surface area (Å²) in [4.78, 5) is 40.9. The lowest BCUT2D eigenvalue weighted by Crippen LogP contribution is -2.51. The van der Waals surface area contributed by atoms with E-state index >= 15 is 0 Å². The van der Waals surface area contributed by atoms with Crippen LogP contribution in [0.25, 0.3) is 10.9 Å². The molecule has 3 amide bonds. The first-order valence-electron chi connectivity index (χ1n) is 12.5. The molecule has 0 spiro atoms. The van der Waals surface area contributed by atoms with E-state index in [2.05, 4.69) is 30.5 Å². The predicted octanol–water partition coefficient (Wildman–Crippen LogP) is 3.59. The van der Waals surface area contributed by atoms with E-state index < -0.39 is 11.9 Å². The Bertz CT molecular complexity index is 1250. The number of likely N-dealkylation sites (N-methyl/N-ethyl adjacent to an activating group) is 1. The number of nitrogens with one attached hydrogen (secondary N) is 1. The molecule has 2 aromatic carbocycles. The molecular weight excluding hydrogens is 456 g/mol. The van der Waals surface area contributed by atoms with Gasteiger partial charge in [0, 0.05) is 48.2 Å². The molecule has 1 unspecified atom stereocenters. The number of hydroxylamine groups is 1. The average Bonchev–Trinajstić information content (AvgIpc) is 3.20. The van der Waals surface area contributed by atoms with E-state index in [0.29, 0.717) is 44.1 Å². The van der Waals surface area contributed by atoms with Crippen LogP contribution >= 0.6 is 0 Å². The quantitative estimate of drug-likeness (QED) is 0.272. The van der Waals surface area contributed by atoms with E-state index in [-0.39, 0.29) is 5.91 Å². The maximum absolute atomic E-state index is 13.5. The summed E-state index contributed by atoms with van der Waals surface area (Å²) in [6.45, 7) is 8.50. The minimum atomic E-state index is -0.558. The third-order valence-electron chi connectivity index (χ3n) is 7.07. The largest absolute Gasteiger partial charge is 0.341 e. The summed E-state index contributed by atoms with van der Waals surface area (Å²) in [5.74, 6) is -0.0558. The number of hydrogen-bond donors (Lipinski definition) is 2. The topological polar surface area (TPSA) is 94.9 Å². The van der Waals surface area contributed by atoms with Gasteiger partial charge in [-0.2, -0.15) is 0 Å². The normalized spacial score (nSPS) is 15.1. The third kappa shape index (κ3) is 4.99. The molecule has 0 saturated heterocycles. The minimum Gasteiger partial charge on any atom is -0.341 e. The van der Waals surface area contributed by atoms with Gasteiger partial charge in [0.2, 0.25) is 12.3 Å². The van der Waals surface area contributed by atoms with Crippen LogP contribution in [-0.2, 0) is 29.1 Å². The highest BCUT2D eigenvalue weighted by Gasteiger charge is 2.36. The Hall–Kier alpha value is -3.65. The van der Waals surface area contributed by atoms with Crippen LogP contribution in [0.3, 0.4) is 0 Å². The van der Waals surface area contributed by atoms with Crippen LogP contribution in [-0.4, -0.2) is 56.9 Å². The molecule has 8 heteroatoms. The van der Waals surface area contributed by atoms with Crippen LogP contribution in [0.2, 0.25) is 0 Å². The molecule has 2 heterocycles. The number of fused-ring (bicyclic) bond motifs is 3. The van der Waals surface area contributed by atoms with Crippen molar-refractivity contribution in [2.75, 3.05) is 13.1 Å². The number of para-hydroxylation sites is 1. The summed E-state index contributed by atoms with van der Waals surface area (Å²) in [7, 11) is 0. The van der Waals surface area contributed by atoms with E-state index in [1.165, 1.54) is 0 Å². The lowest BCUT2D eigenvalue weighted by atomic mass is 9.95. The standard InChI is InChI=1S/C28H34N4O4/c1-4-30(14-13-19(2)3)28(35)25-15-23-22-7-5-6-8-24(22)32(26(23)17-31(25)18-33)16-20-9-11-21(12-10-20)27(34)29-36/h5-12,18-19,25,36H,4,13-17H2,1-3H3,(H,29,34). The number of carbonyl (C=O) groups is 3. The van der Waals surface area contributed by atoms with Gasteiger partial charge < -0.3 is 14.4 Å². The SMILES string of the molecule is CCN(CCC(C)C)C(=O)C1Cc2c(n(Cc3ccc(C(=O)NO)cc3)c3ccccc23)CN1C=O. The van der Waals surface area contributed by atoms with Crippen LogP contribution < -0.4 is 5.48 Å². The van der Waals surface area contributed by atoms with Gasteiger partial charge in [-0.15, -0.1) is 0 Å². The molecule has 1 aliphatic heterocycles. The van der Waals surface area contributed by atoms with Gasteiger partial charge in [-0.1, -0.05) is 44.2 Å². The molecule has 190 valence electrons. The van der Waals surface area contributed by atoms with Crippen LogP contribution in [0, 0.1) is 5.92 Å². The van der Waals surface area contributed by atoms with Gasteiger partial charge in [-0.3, -0.25) is 19.6 Å². The fourth-order valence-corrected chi connectivity index (χ4v) is 5.01. The zero-order valence-corrected chi connectivity index (χ0v) is 21.1. The van der Waals surface area contributed by atoms with Crippen molar-refractivity contribution in [2.24, 2.45) is 5.92 Å². The maximum atomic E-state index is 13.5. The number of carbonyl (C=O) groups excluding carboxylic acids is 3. The highest BCUT2D eigenvalue weighted by Crippen LogP contribution is 2.34. The van der Waals surface area contributed by atoms with Crippen LogP contribution in [0.5, 0.6) is 0 Å². The first kappa shape index (κ1) is 25.4.